The van der Waals surface area contributed by atoms with Crippen molar-refractivity contribution in [1.82, 2.24) is 24.3 Å². The van der Waals surface area contributed by atoms with Gasteiger partial charge in [-0.15, -0.1) is 12.4 Å². The van der Waals surface area contributed by atoms with Crippen LogP contribution in [0, 0.1) is 5.82 Å². The van der Waals surface area contributed by atoms with Crippen LogP contribution in [0.1, 0.15) is 29.9 Å². The van der Waals surface area contributed by atoms with Crippen molar-refractivity contribution in [2.24, 2.45) is 7.05 Å². The number of halogens is 2. The molecule has 3 aromatic heterocycles. The normalized spacial score (nSPS) is 12.9. The number of hydrogen-bond donors (Lipinski definition) is 3. The van der Waals surface area contributed by atoms with Crippen molar-refractivity contribution in [3.05, 3.63) is 88.4 Å². The molecule has 1 aliphatic carbocycles. The van der Waals surface area contributed by atoms with Crippen molar-refractivity contribution < 1.29 is 9.50 Å². The van der Waals surface area contributed by atoms with Gasteiger partial charge in [0, 0.05) is 36.6 Å². The quantitative estimate of drug-likeness (QED) is 0.295. The molecule has 0 radical (unpaired) electrons. The molecule has 3 heterocycles. The zero-order valence-corrected chi connectivity index (χ0v) is 21.2. The molecule has 11 heteroatoms. The number of anilines is 3. The Morgan fingerprint density at radius 1 is 1.18 bits per heavy atom. The first-order chi connectivity index (χ1) is 17.9. The zero-order valence-electron chi connectivity index (χ0n) is 20.4. The third-order valence-corrected chi connectivity index (χ3v) is 6.58. The topological polar surface area (TPSA) is 124 Å². The molecule has 9 nitrogen and oxygen atoms in total. The number of nitrogens with two attached hydrogens (primary N) is 1. The molecule has 38 heavy (non-hydrogen) atoms. The fraction of sp³-hybridized carbons (Fsp3) is 0.185. The lowest BCUT2D eigenvalue weighted by molar-refractivity contribution is 0.282. The van der Waals surface area contributed by atoms with Crippen LogP contribution in [0.2, 0.25) is 0 Å². The van der Waals surface area contributed by atoms with Gasteiger partial charge in [0.25, 0.3) is 5.56 Å². The summed E-state index contributed by atoms with van der Waals surface area (Å²) >= 11 is 0. The average Bonchev–Trinajstić information content (AvgIpc) is 3.65. The van der Waals surface area contributed by atoms with Crippen molar-refractivity contribution >= 4 is 40.6 Å². The van der Waals surface area contributed by atoms with Gasteiger partial charge in [-0.05, 0) is 47.9 Å². The first kappa shape index (κ1) is 25.4. The minimum absolute atomic E-state index is 0. The summed E-state index contributed by atoms with van der Waals surface area (Å²) in [6.07, 6.45) is 7.10. The van der Waals surface area contributed by atoms with Crippen LogP contribution < -0.4 is 16.6 Å². The number of fused-ring (bicyclic) bond motifs is 1. The number of aliphatic hydroxyl groups excluding tert-OH is 1. The summed E-state index contributed by atoms with van der Waals surface area (Å²) in [5.41, 5.74) is 9.09. The highest BCUT2D eigenvalue weighted by Crippen LogP contribution is 2.41. The van der Waals surface area contributed by atoms with E-state index in [2.05, 4.69) is 20.4 Å². The number of nitrogens with zero attached hydrogens (tertiary/aromatic N) is 5. The van der Waals surface area contributed by atoms with Crippen molar-refractivity contribution in [3.8, 4) is 16.9 Å². The van der Waals surface area contributed by atoms with Crippen LogP contribution in [0.15, 0.2) is 65.8 Å². The predicted octanol–water partition coefficient (Wildman–Crippen LogP) is 4.44. The number of rotatable bonds is 6. The third kappa shape index (κ3) is 4.59. The number of hydrogen-bond acceptors (Lipinski definition) is 7. The lowest BCUT2D eigenvalue weighted by Crippen LogP contribution is -2.20. The number of aliphatic hydroxyl groups is 1. The van der Waals surface area contributed by atoms with E-state index in [1.165, 1.54) is 10.6 Å². The van der Waals surface area contributed by atoms with Gasteiger partial charge in [0.15, 0.2) is 0 Å². The molecule has 0 saturated heterocycles. The number of benzene rings is 2. The number of nitrogen functional groups attached to an aromatic ring is 1. The summed E-state index contributed by atoms with van der Waals surface area (Å²) in [4.78, 5) is 22.3. The summed E-state index contributed by atoms with van der Waals surface area (Å²) < 4.78 is 18.1. The Kier molecular flexibility index (Phi) is 6.60. The van der Waals surface area contributed by atoms with Crippen molar-refractivity contribution in [1.29, 1.82) is 0 Å². The molecule has 0 bridgehead atoms. The molecule has 1 aliphatic rings. The Morgan fingerprint density at radius 2 is 2.00 bits per heavy atom. The number of pyridine rings is 1. The highest BCUT2D eigenvalue weighted by molar-refractivity contribution is 5.85. The van der Waals surface area contributed by atoms with Crippen molar-refractivity contribution in [2.75, 3.05) is 11.1 Å². The monoisotopic (exact) mass is 533 g/mol. The molecule has 0 amide bonds. The summed E-state index contributed by atoms with van der Waals surface area (Å²) in [6, 6.07) is 11.9. The summed E-state index contributed by atoms with van der Waals surface area (Å²) in [5.74, 6) is 0.322. The Labute approximate surface area is 223 Å². The van der Waals surface area contributed by atoms with Crippen LogP contribution in [0.4, 0.5) is 21.8 Å². The van der Waals surface area contributed by atoms with E-state index in [1.54, 1.807) is 60.7 Å². The minimum Gasteiger partial charge on any atom is -0.392 e. The first-order valence-electron chi connectivity index (χ1n) is 11.9. The summed E-state index contributed by atoms with van der Waals surface area (Å²) in [6.45, 7) is -0.381. The van der Waals surface area contributed by atoms with Gasteiger partial charge in [0.1, 0.15) is 11.6 Å². The number of aromatic nitrogens is 5. The fourth-order valence-corrected chi connectivity index (χ4v) is 4.67. The maximum atomic E-state index is 15.1. The van der Waals surface area contributed by atoms with Gasteiger partial charge < -0.3 is 16.2 Å². The molecule has 1 fully saturated rings. The van der Waals surface area contributed by atoms with Crippen LogP contribution in [-0.4, -0.2) is 29.4 Å². The molecule has 1 saturated carbocycles. The smallest absolute Gasteiger partial charge is 0.265 e. The molecular weight excluding hydrogens is 509 g/mol. The van der Waals surface area contributed by atoms with E-state index in [-0.39, 0.29) is 36.2 Å². The molecule has 0 aliphatic heterocycles. The fourth-order valence-electron chi connectivity index (χ4n) is 4.67. The highest BCUT2D eigenvalue weighted by atomic mass is 35.5. The largest absolute Gasteiger partial charge is 0.392 e. The molecule has 194 valence electrons. The molecule has 4 N–H and O–H groups in total. The maximum absolute atomic E-state index is 15.1. The molecule has 0 atom stereocenters. The van der Waals surface area contributed by atoms with E-state index in [9.17, 15) is 9.90 Å². The van der Waals surface area contributed by atoms with E-state index in [4.69, 9.17) is 5.73 Å². The van der Waals surface area contributed by atoms with Gasteiger partial charge in [-0.3, -0.25) is 14.0 Å². The van der Waals surface area contributed by atoms with E-state index < -0.39 is 11.4 Å². The average molecular weight is 534 g/mol. The first-order valence-corrected chi connectivity index (χ1v) is 11.9. The van der Waals surface area contributed by atoms with Crippen LogP contribution in [0.5, 0.6) is 0 Å². The van der Waals surface area contributed by atoms with E-state index in [0.29, 0.717) is 39.5 Å². The second kappa shape index (κ2) is 9.88. The third-order valence-electron chi connectivity index (χ3n) is 6.58. The molecule has 0 spiro atoms. The van der Waals surface area contributed by atoms with Gasteiger partial charge in [-0.25, -0.2) is 9.37 Å². The lowest BCUT2D eigenvalue weighted by Gasteiger charge is -2.16. The van der Waals surface area contributed by atoms with Crippen molar-refractivity contribution in [2.45, 2.75) is 25.4 Å². The Morgan fingerprint density at radius 3 is 2.71 bits per heavy atom. The van der Waals surface area contributed by atoms with Gasteiger partial charge in [-0.1, -0.05) is 18.2 Å². The van der Waals surface area contributed by atoms with Crippen molar-refractivity contribution in [3.63, 3.8) is 0 Å². The SMILES string of the molecule is Cl.Cn1cc(Nc2nc(N)cc(-c3cccc(-n4ccc5cc(C6CC6)cc(F)c5c4=O)c3CO)n2)cn1. The Balaban J connectivity index is 0.00000294. The number of nitrogens with one attached hydrogen (secondary N) is 1. The van der Waals surface area contributed by atoms with E-state index >= 15 is 4.39 Å². The van der Waals surface area contributed by atoms with E-state index in [1.807, 2.05) is 6.07 Å². The van der Waals surface area contributed by atoms with Gasteiger partial charge in [0.2, 0.25) is 5.95 Å². The standard InChI is InChI=1S/C27H24FN7O2.ClH/c1-34-13-18(12-30-34)31-27-32-22(11-24(29)33-27)19-3-2-4-23(20(19)14-36)35-8-7-16-9-17(15-5-6-15)10-21(28)25(16)26(35)37;/h2-4,7-13,15,36H,5-6,14H2,1H3,(H3,29,31,32,33);1H. The molecule has 2 aromatic carbocycles. The Hall–Kier alpha value is -4.28. The highest BCUT2D eigenvalue weighted by Gasteiger charge is 2.25. The maximum Gasteiger partial charge on any atom is 0.265 e. The molecule has 6 rings (SSSR count). The van der Waals surface area contributed by atoms with Gasteiger partial charge >= 0.3 is 0 Å². The minimum atomic E-state index is -0.532. The predicted molar refractivity (Wildman–Crippen MR) is 147 cm³/mol. The molecule has 0 unspecified atom stereocenters. The lowest BCUT2D eigenvalue weighted by atomic mass is 10.0. The van der Waals surface area contributed by atoms with Gasteiger partial charge in [0.05, 0.1) is 35.3 Å². The van der Waals surface area contributed by atoms with Crippen LogP contribution in [-0.2, 0) is 13.7 Å². The van der Waals surface area contributed by atoms with Crippen LogP contribution >= 0.6 is 12.4 Å². The van der Waals surface area contributed by atoms with E-state index in [0.717, 1.165) is 18.4 Å². The van der Waals surface area contributed by atoms with Crippen LogP contribution in [0.25, 0.3) is 27.7 Å². The second-order valence-corrected chi connectivity index (χ2v) is 9.22. The summed E-state index contributed by atoms with van der Waals surface area (Å²) in [7, 11) is 1.79. The van der Waals surface area contributed by atoms with Gasteiger partial charge in [-0.2, -0.15) is 10.1 Å². The zero-order chi connectivity index (χ0) is 25.7. The Bertz CT molecular complexity index is 1730. The molecule has 5 aromatic rings. The number of aryl methyl sites for hydroxylation is 1. The second-order valence-electron chi connectivity index (χ2n) is 9.22. The summed E-state index contributed by atoms with van der Waals surface area (Å²) in [5, 5.41) is 18.1. The molecular formula is C27H25ClFN7O2. The van der Waals surface area contributed by atoms with Crippen LogP contribution in [0.3, 0.4) is 0 Å².